The Morgan fingerprint density at radius 3 is 2.18 bits per heavy atom. The van der Waals surface area contributed by atoms with Crippen molar-refractivity contribution in [3.63, 3.8) is 0 Å². The molecule has 0 heterocycles. The lowest BCUT2D eigenvalue weighted by molar-refractivity contribution is 0.520. The molecule has 0 spiro atoms. The third-order valence-electron chi connectivity index (χ3n) is 4.09. The van der Waals surface area contributed by atoms with Crippen LogP contribution in [0.3, 0.4) is 0 Å². The van der Waals surface area contributed by atoms with E-state index in [0.29, 0.717) is 6.54 Å². The Hall–Kier alpha value is -2.09. The summed E-state index contributed by atoms with van der Waals surface area (Å²) in [6, 6.07) is 14.6. The first-order valence-corrected chi connectivity index (χ1v) is 10.9. The van der Waals surface area contributed by atoms with Crippen LogP contribution in [-0.2, 0) is 23.0 Å². The molecule has 0 bridgehead atoms. The van der Waals surface area contributed by atoms with Gasteiger partial charge < -0.3 is 10.6 Å². The first-order valence-electron chi connectivity index (χ1n) is 9.11. The number of nitrogens with one attached hydrogen (secondary N) is 2. The van der Waals surface area contributed by atoms with Crippen molar-refractivity contribution in [1.82, 2.24) is 14.9 Å². The number of benzene rings is 2. The van der Waals surface area contributed by atoms with Crippen molar-refractivity contribution >= 4 is 27.6 Å². The van der Waals surface area contributed by atoms with Crippen molar-refractivity contribution in [3.8, 4) is 0 Å². The highest BCUT2D eigenvalue weighted by atomic mass is 35.5. The zero-order valence-electron chi connectivity index (χ0n) is 16.4. The maximum Gasteiger partial charge on any atom is 0.242 e. The topological polar surface area (TPSA) is 73.8 Å². The lowest BCUT2D eigenvalue weighted by Crippen LogP contribution is -2.38. The summed E-state index contributed by atoms with van der Waals surface area (Å²) in [7, 11) is -0.371. The summed E-state index contributed by atoms with van der Waals surface area (Å²) in [5, 5.41) is 7.25. The van der Waals surface area contributed by atoms with Crippen molar-refractivity contribution < 1.29 is 8.42 Å². The van der Waals surface area contributed by atoms with Gasteiger partial charge in [0.1, 0.15) is 0 Å². The van der Waals surface area contributed by atoms with E-state index in [2.05, 4.69) is 15.6 Å². The Balaban J connectivity index is 1.95. The van der Waals surface area contributed by atoms with Gasteiger partial charge in [0.05, 0.1) is 11.4 Å². The molecule has 152 valence electrons. The second kappa shape index (κ2) is 10.5. The molecule has 0 radical (unpaired) electrons. The first-order chi connectivity index (χ1) is 13.3. The number of halogens is 1. The Kier molecular flexibility index (Phi) is 8.29. The molecule has 0 saturated heterocycles. The second-order valence-corrected chi connectivity index (χ2v) is 9.02. The minimum Gasteiger partial charge on any atom is -0.357 e. The molecule has 28 heavy (non-hydrogen) atoms. The third kappa shape index (κ3) is 6.51. The van der Waals surface area contributed by atoms with Crippen LogP contribution < -0.4 is 10.6 Å². The smallest absolute Gasteiger partial charge is 0.242 e. The quantitative estimate of drug-likeness (QED) is 0.506. The van der Waals surface area contributed by atoms with Gasteiger partial charge in [-0.25, -0.2) is 17.7 Å². The van der Waals surface area contributed by atoms with Gasteiger partial charge in [0, 0.05) is 32.2 Å². The summed E-state index contributed by atoms with van der Waals surface area (Å²) < 4.78 is 25.4. The number of hydrogen-bond donors (Lipinski definition) is 2. The molecule has 2 aromatic carbocycles. The molecule has 0 saturated carbocycles. The normalized spacial score (nSPS) is 12.2. The fraction of sp³-hybridized carbons (Fsp3) is 0.350. The van der Waals surface area contributed by atoms with Gasteiger partial charge in [-0.15, -0.1) is 0 Å². The Bertz CT molecular complexity index is 879. The zero-order valence-corrected chi connectivity index (χ0v) is 18.0. The van der Waals surface area contributed by atoms with Gasteiger partial charge in [-0.2, -0.15) is 0 Å². The maximum atomic E-state index is 12.1. The van der Waals surface area contributed by atoms with E-state index in [1.165, 1.54) is 24.0 Å². The van der Waals surface area contributed by atoms with Crippen molar-refractivity contribution in [2.45, 2.75) is 24.8 Å². The standard InChI is InChI=1S/C20H27ClN4O2S/c1-4-22-20(23-14-13-16-5-9-18(21)10-6-16)24-15-17-7-11-19(12-8-17)28(26,27)25(2)3/h5-12H,4,13-15H2,1-3H3,(H2,22,23,24). The number of nitrogens with zero attached hydrogens (tertiary/aromatic N) is 2. The van der Waals surface area contributed by atoms with Crippen LogP contribution in [0.4, 0.5) is 0 Å². The van der Waals surface area contributed by atoms with Crippen LogP contribution in [0.1, 0.15) is 18.1 Å². The van der Waals surface area contributed by atoms with Crippen molar-refractivity contribution in [1.29, 1.82) is 0 Å². The minimum absolute atomic E-state index is 0.276. The molecule has 0 fully saturated rings. The summed E-state index contributed by atoms with van der Waals surface area (Å²) in [5.74, 6) is 0.724. The molecular weight excluding hydrogens is 396 g/mol. The largest absolute Gasteiger partial charge is 0.357 e. The van der Waals surface area contributed by atoms with E-state index < -0.39 is 10.0 Å². The molecule has 2 aromatic rings. The molecule has 0 unspecified atom stereocenters. The van der Waals surface area contributed by atoms with E-state index in [-0.39, 0.29) is 4.90 Å². The van der Waals surface area contributed by atoms with Crippen LogP contribution in [-0.4, -0.2) is 45.9 Å². The van der Waals surface area contributed by atoms with Gasteiger partial charge in [0.2, 0.25) is 10.0 Å². The van der Waals surface area contributed by atoms with E-state index in [9.17, 15) is 8.42 Å². The van der Waals surface area contributed by atoms with Gasteiger partial charge in [-0.1, -0.05) is 35.9 Å². The van der Waals surface area contributed by atoms with E-state index in [1.807, 2.05) is 31.2 Å². The van der Waals surface area contributed by atoms with Gasteiger partial charge in [0.15, 0.2) is 5.96 Å². The fourth-order valence-electron chi connectivity index (χ4n) is 2.47. The summed E-state index contributed by atoms with van der Waals surface area (Å²) >= 11 is 5.91. The van der Waals surface area contributed by atoms with Crippen LogP contribution >= 0.6 is 11.6 Å². The summed E-state index contributed by atoms with van der Waals surface area (Å²) in [6.07, 6.45) is 0.860. The molecule has 6 nitrogen and oxygen atoms in total. The van der Waals surface area contributed by atoms with E-state index in [0.717, 1.165) is 36.1 Å². The number of sulfonamides is 1. The second-order valence-electron chi connectivity index (χ2n) is 6.43. The third-order valence-corrected chi connectivity index (χ3v) is 6.17. The van der Waals surface area contributed by atoms with Gasteiger partial charge in [-0.05, 0) is 48.7 Å². The Labute approximate surface area is 172 Å². The van der Waals surface area contributed by atoms with Crippen molar-refractivity contribution in [3.05, 3.63) is 64.7 Å². The average Bonchev–Trinajstić information content (AvgIpc) is 2.68. The highest BCUT2D eigenvalue weighted by Gasteiger charge is 2.16. The molecule has 0 aliphatic heterocycles. The molecule has 0 aromatic heterocycles. The SMILES string of the molecule is CCNC(=NCc1ccc(S(=O)(=O)N(C)C)cc1)NCCc1ccc(Cl)cc1. The summed E-state index contributed by atoms with van der Waals surface area (Å²) in [5.41, 5.74) is 2.14. The van der Waals surface area contributed by atoms with Crippen LogP contribution in [0.15, 0.2) is 58.4 Å². The van der Waals surface area contributed by atoms with Gasteiger partial charge in [0.25, 0.3) is 0 Å². The number of guanidine groups is 1. The van der Waals surface area contributed by atoms with Crippen molar-refractivity contribution in [2.75, 3.05) is 27.2 Å². The van der Waals surface area contributed by atoms with Crippen molar-refractivity contribution in [2.24, 2.45) is 4.99 Å². The Morgan fingerprint density at radius 2 is 1.61 bits per heavy atom. The van der Waals surface area contributed by atoms with Crippen LogP contribution in [0.2, 0.25) is 5.02 Å². The molecule has 2 N–H and O–H groups in total. The average molecular weight is 423 g/mol. The predicted octanol–water partition coefficient (Wildman–Crippen LogP) is 2.89. The summed E-state index contributed by atoms with van der Waals surface area (Å²) in [4.78, 5) is 4.85. The Morgan fingerprint density at radius 1 is 1.00 bits per heavy atom. The summed E-state index contributed by atoms with van der Waals surface area (Å²) in [6.45, 7) is 3.97. The predicted molar refractivity (Wildman–Crippen MR) is 115 cm³/mol. The highest BCUT2D eigenvalue weighted by Crippen LogP contribution is 2.14. The number of hydrogen-bond acceptors (Lipinski definition) is 3. The van der Waals surface area contributed by atoms with E-state index in [4.69, 9.17) is 11.6 Å². The van der Waals surface area contributed by atoms with Crippen LogP contribution in [0.5, 0.6) is 0 Å². The van der Waals surface area contributed by atoms with E-state index >= 15 is 0 Å². The molecule has 0 aliphatic rings. The lowest BCUT2D eigenvalue weighted by atomic mass is 10.1. The molecule has 0 amide bonds. The highest BCUT2D eigenvalue weighted by molar-refractivity contribution is 7.89. The molecule has 0 atom stereocenters. The maximum absolute atomic E-state index is 12.1. The lowest BCUT2D eigenvalue weighted by Gasteiger charge is -2.12. The minimum atomic E-state index is -3.41. The monoisotopic (exact) mass is 422 g/mol. The fourth-order valence-corrected chi connectivity index (χ4v) is 3.49. The molecule has 0 aliphatic carbocycles. The van der Waals surface area contributed by atoms with Gasteiger partial charge in [-0.3, -0.25) is 0 Å². The number of rotatable bonds is 8. The molecule has 8 heteroatoms. The first kappa shape index (κ1) is 22.2. The van der Waals surface area contributed by atoms with Gasteiger partial charge >= 0.3 is 0 Å². The molecular formula is C20H27ClN4O2S. The zero-order chi connectivity index (χ0) is 20.6. The number of aliphatic imine (C=N–C) groups is 1. The van der Waals surface area contributed by atoms with E-state index in [1.54, 1.807) is 24.3 Å². The van der Waals surface area contributed by atoms with Crippen LogP contribution in [0, 0.1) is 0 Å². The molecule has 2 rings (SSSR count). The van der Waals surface area contributed by atoms with Crippen LogP contribution in [0.25, 0.3) is 0 Å².